The van der Waals surface area contributed by atoms with Crippen LogP contribution in [0.5, 0.6) is 5.75 Å². The molecule has 0 saturated heterocycles. The molecule has 1 aromatic carbocycles. The first-order valence-electron chi connectivity index (χ1n) is 6.61. The van der Waals surface area contributed by atoms with E-state index >= 15 is 0 Å². The first-order valence-corrected chi connectivity index (χ1v) is 7.49. The van der Waals surface area contributed by atoms with Crippen molar-refractivity contribution in [3.8, 4) is 5.75 Å². The van der Waals surface area contributed by atoms with Gasteiger partial charge in [-0.1, -0.05) is 12.2 Å². The van der Waals surface area contributed by atoms with Gasteiger partial charge < -0.3 is 9.47 Å². The molecule has 0 saturated carbocycles. The molecule has 0 fully saturated rings. The lowest BCUT2D eigenvalue weighted by molar-refractivity contribution is 0.0549. The molecule has 4 nitrogen and oxygen atoms in total. The van der Waals surface area contributed by atoms with E-state index in [1.165, 1.54) is 0 Å². The average molecular weight is 303 g/mol. The summed E-state index contributed by atoms with van der Waals surface area (Å²) in [6.45, 7) is 4.55. The minimum Gasteiger partial charge on any atom is -0.487 e. The summed E-state index contributed by atoms with van der Waals surface area (Å²) in [6.07, 6.45) is 3.62. The highest BCUT2D eigenvalue weighted by atomic mass is 32.1. The van der Waals surface area contributed by atoms with Crippen LogP contribution < -0.4 is 4.74 Å². The number of thiazole rings is 1. The molecule has 0 aliphatic rings. The fourth-order valence-corrected chi connectivity index (χ4v) is 2.22. The highest BCUT2D eigenvalue weighted by Crippen LogP contribution is 2.16. The van der Waals surface area contributed by atoms with Crippen LogP contribution in [0, 0.1) is 6.92 Å². The molecule has 0 N–H and O–H groups in total. The molecule has 0 aliphatic carbocycles. The Labute approximate surface area is 128 Å². The van der Waals surface area contributed by atoms with E-state index in [2.05, 4.69) is 4.98 Å². The lowest BCUT2D eigenvalue weighted by Gasteiger charge is -2.06. The van der Waals surface area contributed by atoms with Crippen molar-refractivity contribution in [2.24, 2.45) is 0 Å². The van der Waals surface area contributed by atoms with Crippen molar-refractivity contribution in [3.63, 3.8) is 0 Å². The molecule has 1 aromatic heterocycles. The fourth-order valence-electron chi connectivity index (χ4n) is 1.62. The van der Waals surface area contributed by atoms with Gasteiger partial charge in [0.1, 0.15) is 19.0 Å². The smallest absolute Gasteiger partial charge is 0.338 e. The van der Waals surface area contributed by atoms with E-state index in [0.717, 1.165) is 10.7 Å². The Balaban J connectivity index is 1.88. The number of benzene rings is 1. The van der Waals surface area contributed by atoms with Gasteiger partial charge in [0.25, 0.3) is 0 Å². The largest absolute Gasteiger partial charge is 0.487 e. The van der Waals surface area contributed by atoms with E-state index in [-0.39, 0.29) is 12.6 Å². The minimum atomic E-state index is -0.338. The van der Waals surface area contributed by atoms with Gasteiger partial charge in [0.2, 0.25) is 0 Å². The second kappa shape index (κ2) is 7.59. The van der Waals surface area contributed by atoms with E-state index in [4.69, 9.17) is 9.47 Å². The zero-order valence-electron chi connectivity index (χ0n) is 12.0. The van der Waals surface area contributed by atoms with Crippen LogP contribution in [0.1, 0.15) is 28.0 Å². The van der Waals surface area contributed by atoms with Gasteiger partial charge in [-0.2, -0.15) is 0 Å². The molecular weight excluding hydrogens is 286 g/mol. The molecule has 2 rings (SSSR count). The van der Waals surface area contributed by atoms with E-state index in [9.17, 15) is 4.79 Å². The molecule has 5 heteroatoms. The van der Waals surface area contributed by atoms with Crippen LogP contribution in [0.15, 0.2) is 41.8 Å². The summed E-state index contributed by atoms with van der Waals surface area (Å²) in [5.41, 5.74) is 1.42. The Hall–Kier alpha value is -2.14. The molecule has 0 atom stereocenters. The number of aryl methyl sites for hydroxylation is 1. The number of rotatable bonds is 6. The van der Waals surface area contributed by atoms with Crippen LogP contribution in [-0.4, -0.2) is 17.6 Å². The third-order valence-electron chi connectivity index (χ3n) is 2.69. The van der Waals surface area contributed by atoms with E-state index in [1.54, 1.807) is 41.7 Å². The van der Waals surface area contributed by atoms with Crippen molar-refractivity contribution in [2.45, 2.75) is 20.5 Å². The Morgan fingerprint density at radius 3 is 2.71 bits per heavy atom. The standard InChI is InChI=1S/C16H17NO3S/c1-3-4-9-19-16(18)13-5-7-15(8-6-13)20-10-14-11-21-12(2)17-14/h3-8,11H,9-10H2,1-2H3/b4-3+. The zero-order valence-corrected chi connectivity index (χ0v) is 12.9. The van der Waals surface area contributed by atoms with Crippen LogP contribution in [-0.2, 0) is 11.3 Å². The molecular formula is C16H17NO3S. The number of ether oxygens (including phenoxy) is 2. The van der Waals surface area contributed by atoms with Gasteiger partial charge in [-0.05, 0) is 38.1 Å². The van der Waals surface area contributed by atoms with Crippen molar-refractivity contribution < 1.29 is 14.3 Å². The summed E-state index contributed by atoms with van der Waals surface area (Å²) < 4.78 is 10.7. The summed E-state index contributed by atoms with van der Waals surface area (Å²) >= 11 is 1.60. The maximum absolute atomic E-state index is 11.7. The van der Waals surface area contributed by atoms with Gasteiger partial charge in [-0.25, -0.2) is 9.78 Å². The van der Waals surface area contributed by atoms with Gasteiger partial charge in [0.05, 0.1) is 16.3 Å². The van der Waals surface area contributed by atoms with Crippen LogP contribution >= 0.6 is 11.3 Å². The van der Waals surface area contributed by atoms with Crippen LogP contribution in [0.2, 0.25) is 0 Å². The lowest BCUT2D eigenvalue weighted by Crippen LogP contribution is -2.05. The van der Waals surface area contributed by atoms with Crippen LogP contribution in [0.3, 0.4) is 0 Å². The summed E-state index contributed by atoms with van der Waals surface area (Å²) in [5, 5.41) is 3.00. The topological polar surface area (TPSA) is 48.4 Å². The maximum atomic E-state index is 11.7. The molecule has 0 aliphatic heterocycles. The highest BCUT2D eigenvalue weighted by molar-refractivity contribution is 7.09. The monoisotopic (exact) mass is 303 g/mol. The summed E-state index contributed by atoms with van der Waals surface area (Å²) in [7, 11) is 0. The van der Waals surface area contributed by atoms with Gasteiger partial charge >= 0.3 is 5.97 Å². The zero-order chi connectivity index (χ0) is 15.1. The van der Waals surface area contributed by atoms with Crippen LogP contribution in [0.25, 0.3) is 0 Å². The summed E-state index contributed by atoms with van der Waals surface area (Å²) in [5.74, 6) is 0.362. The van der Waals surface area contributed by atoms with Crippen molar-refractivity contribution in [3.05, 3.63) is 58.1 Å². The number of carbonyl (C=O) groups excluding carboxylic acids is 1. The third-order valence-corrected chi connectivity index (χ3v) is 3.51. The SMILES string of the molecule is C/C=C/COC(=O)c1ccc(OCc2csc(C)n2)cc1. The van der Waals surface area contributed by atoms with Crippen molar-refractivity contribution in [2.75, 3.05) is 6.61 Å². The Bertz CT molecular complexity index is 617. The van der Waals surface area contributed by atoms with E-state index in [1.807, 2.05) is 25.3 Å². The van der Waals surface area contributed by atoms with E-state index < -0.39 is 0 Å². The van der Waals surface area contributed by atoms with Crippen molar-refractivity contribution in [1.29, 1.82) is 0 Å². The number of allylic oxidation sites excluding steroid dienone is 1. The van der Waals surface area contributed by atoms with Crippen molar-refractivity contribution in [1.82, 2.24) is 4.98 Å². The molecule has 0 spiro atoms. The van der Waals surface area contributed by atoms with Crippen molar-refractivity contribution >= 4 is 17.3 Å². The second-order valence-corrected chi connectivity index (χ2v) is 5.40. The number of hydrogen-bond donors (Lipinski definition) is 0. The third kappa shape index (κ3) is 4.72. The Kier molecular flexibility index (Phi) is 5.51. The average Bonchev–Trinajstić information content (AvgIpc) is 2.91. The maximum Gasteiger partial charge on any atom is 0.338 e. The molecule has 2 aromatic rings. The minimum absolute atomic E-state index is 0.288. The van der Waals surface area contributed by atoms with Gasteiger partial charge in [-0.15, -0.1) is 11.3 Å². The summed E-state index contributed by atoms with van der Waals surface area (Å²) in [6, 6.07) is 6.90. The Morgan fingerprint density at radius 1 is 1.33 bits per heavy atom. The number of carbonyl (C=O) groups is 1. The number of aromatic nitrogens is 1. The quantitative estimate of drug-likeness (QED) is 0.602. The lowest BCUT2D eigenvalue weighted by atomic mass is 10.2. The molecule has 110 valence electrons. The summed E-state index contributed by atoms with van der Waals surface area (Å²) in [4.78, 5) is 16.0. The number of nitrogens with zero attached hydrogens (tertiary/aromatic N) is 1. The molecule has 0 bridgehead atoms. The van der Waals surface area contributed by atoms with Gasteiger partial charge in [0, 0.05) is 5.38 Å². The molecule has 1 heterocycles. The number of hydrogen-bond acceptors (Lipinski definition) is 5. The van der Waals surface area contributed by atoms with Crippen LogP contribution in [0.4, 0.5) is 0 Å². The predicted molar refractivity (Wildman–Crippen MR) is 82.7 cm³/mol. The predicted octanol–water partition coefficient (Wildman–Crippen LogP) is 3.76. The molecule has 0 amide bonds. The number of esters is 1. The first kappa shape index (κ1) is 15.3. The molecule has 0 radical (unpaired) electrons. The second-order valence-electron chi connectivity index (χ2n) is 4.34. The van der Waals surface area contributed by atoms with E-state index in [0.29, 0.717) is 17.9 Å². The normalized spacial score (nSPS) is 10.8. The van der Waals surface area contributed by atoms with Gasteiger partial charge in [-0.3, -0.25) is 0 Å². The first-order chi connectivity index (χ1) is 10.2. The highest BCUT2D eigenvalue weighted by Gasteiger charge is 2.06. The fraction of sp³-hybridized carbons (Fsp3) is 0.250. The van der Waals surface area contributed by atoms with Gasteiger partial charge in [0.15, 0.2) is 0 Å². The molecule has 21 heavy (non-hydrogen) atoms. The Morgan fingerprint density at radius 2 is 2.10 bits per heavy atom. The molecule has 0 unspecified atom stereocenters.